The summed E-state index contributed by atoms with van der Waals surface area (Å²) >= 11 is 0. The first-order valence-electron chi connectivity index (χ1n) is 7.25. The van der Waals surface area contributed by atoms with Crippen LogP contribution in [0.1, 0.15) is 23.3 Å². The van der Waals surface area contributed by atoms with Crippen LogP contribution in [0.25, 0.3) is 10.9 Å². The topological polar surface area (TPSA) is 119 Å². The third-order valence-corrected chi connectivity index (χ3v) is 4.03. The Kier molecular flexibility index (Phi) is 3.73. The van der Waals surface area contributed by atoms with Crippen molar-refractivity contribution in [2.24, 2.45) is 5.73 Å². The van der Waals surface area contributed by atoms with E-state index in [1.165, 1.54) is 27.8 Å². The first-order chi connectivity index (χ1) is 11.0. The van der Waals surface area contributed by atoms with Gasteiger partial charge in [-0.25, -0.2) is 0 Å². The number of hydrogen-bond acceptors (Lipinski definition) is 5. The number of phenolic OH excluding ortho intramolecular Hbond substituents is 1. The Morgan fingerprint density at radius 1 is 1.43 bits per heavy atom. The minimum absolute atomic E-state index is 0.00550. The lowest BCUT2D eigenvalue weighted by molar-refractivity contribution is -0.135. The molecule has 8 nitrogen and oxygen atoms in total. The number of amides is 2. The van der Waals surface area contributed by atoms with Crippen LogP contribution in [-0.2, 0) is 16.1 Å². The number of likely N-dealkylation sites (tertiary alicyclic amines) is 1. The van der Waals surface area contributed by atoms with E-state index < -0.39 is 11.9 Å². The molecule has 0 aliphatic carbocycles. The highest BCUT2D eigenvalue weighted by atomic mass is 16.3. The fraction of sp³-hybridized carbons (Fsp3) is 0.333. The van der Waals surface area contributed by atoms with Gasteiger partial charge in [0.25, 0.3) is 5.91 Å². The predicted molar refractivity (Wildman–Crippen MR) is 80.7 cm³/mol. The maximum Gasteiger partial charge on any atom is 0.269 e. The molecule has 3 rings (SSSR count). The molecule has 0 spiro atoms. The molecule has 0 radical (unpaired) electrons. The summed E-state index contributed by atoms with van der Waals surface area (Å²) in [6.07, 6.45) is 2.21. The van der Waals surface area contributed by atoms with E-state index in [1.54, 1.807) is 0 Å². The second kappa shape index (κ2) is 5.71. The highest BCUT2D eigenvalue weighted by Gasteiger charge is 2.29. The van der Waals surface area contributed by atoms with E-state index in [0.717, 1.165) is 12.7 Å². The van der Waals surface area contributed by atoms with E-state index in [4.69, 9.17) is 5.73 Å². The van der Waals surface area contributed by atoms with Crippen LogP contribution in [0.2, 0.25) is 0 Å². The molecule has 0 saturated carbocycles. The maximum atomic E-state index is 12.4. The fourth-order valence-electron chi connectivity index (χ4n) is 2.93. The average Bonchev–Trinajstić information content (AvgIpc) is 3.12. The Hall–Kier alpha value is -2.90. The third-order valence-electron chi connectivity index (χ3n) is 4.03. The number of phenols is 1. The number of benzene rings is 1. The number of aldehydes is 1. The van der Waals surface area contributed by atoms with Gasteiger partial charge in [-0.05, 0) is 25.0 Å². The van der Waals surface area contributed by atoms with Crippen molar-refractivity contribution in [2.75, 3.05) is 6.54 Å². The molecule has 120 valence electrons. The van der Waals surface area contributed by atoms with Gasteiger partial charge in [0.1, 0.15) is 18.6 Å². The van der Waals surface area contributed by atoms with Crippen molar-refractivity contribution < 1.29 is 19.5 Å². The Bertz CT molecular complexity index is 798. The van der Waals surface area contributed by atoms with Crippen LogP contribution in [0.5, 0.6) is 5.75 Å². The molecule has 1 fully saturated rings. The molecule has 1 aliphatic heterocycles. The molecule has 2 amide bonds. The van der Waals surface area contributed by atoms with E-state index in [9.17, 15) is 19.5 Å². The van der Waals surface area contributed by atoms with Crippen LogP contribution in [0.3, 0.4) is 0 Å². The fourth-order valence-corrected chi connectivity index (χ4v) is 2.93. The molecule has 1 aliphatic rings. The highest BCUT2D eigenvalue weighted by Crippen LogP contribution is 2.24. The first kappa shape index (κ1) is 15.0. The Morgan fingerprint density at radius 3 is 2.91 bits per heavy atom. The van der Waals surface area contributed by atoms with Gasteiger partial charge in [0.2, 0.25) is 5.91 Å². The van der Waals surface area contributed by atoms with Crippen molar-refractivity contribution in [1.29, 1.82) is 0 Å². The lowest BCUT2D eigenvalue weighted by Crippen LogP contribution is -2.38. The molecule has 3 N–H and O–H groups in total. The first-order valence-corrected chi connectivity index (χ1v) is 7.25. The molecule has 8 heteroatoms. The summed E-state index contributed by atoms with van der Waals surface area (Å²) < 4.78 is 1.33. The molecular formula is C15H16N4O4. The van der Waals surface area contributed by atoms with Crippen LogP contribution in [0, 0.1) is 0 Å². The summed E-state index contributed by atoms with van der Waals surface area (Å²) in [5.41, 5.74) is 5.79. The number of nitrogens with zero attached hydrogens (tertiary/aromatic N) is 3. The van der Waals surface area contributed by atoms with E-state index in [0.29, 0.717) is 23.9 Å². The minimum Gasteiger partial charge on any atom is -0.508 e. The largest absolute Gasteiger partial charge is 0.508 e. The number of aromatic nitrogens is 2. The van der Waals surface area contributed by atoms with Gasteiger partial charge >= 0.3 is 0 Å². The SMILES string of the molecule is NC(=O)c1nn(CC(=O)N2CCCC2C=O)c2cc(O)ccc12. The van der Waals surface area contributed by atoms with Crippen LogP contribution in [0.15, 0.2) is 18.2 Å². The number of hydrogen-bond donors (Lipinski definition) is 2. The molecule has 23 heavy (non-hydrogen) atoms. The molecule has 1 aromatic heterocycles. The van der Waals surface area contributed by atoms with E-state index in [-0.39, 0.29) is 23.9 Å². The lowest BCUT2D eigenvalue weighted by Gasteiger charge is -2.20. The number of rotatable bonds is 4. The molecule has 1 unspecified atom stereocenters. The van der Waals surface area contributed by atoms with Gasteiger partial charge in [0.15, 0.2) is 5.69 Å². The average molecular weight is 316 g/mol. The predicted octanol–water partition coefficient (Wildman–Crippen LogP) is 0.0307. The number of aromatic hydroxyl groups is 1. The molecule has 1 aromatic carbocycles. The van der Waals surface area contributed by atoms with Crippen LogP contribution < -0.4 is 5.73 Å². The minimum atomic E-state index is -0.709. The highest BCUT2D eigenvalue weighted by molar-refractivity contribution is 6.04. The summed E-state index contributed by atoms with van der Waals surface area (Å²) in [6, 6.07) is 3.96. The molecule has 2 heterocycles. The van der Waals surface area contributed by atoms with E-state index >= 15 is 0 Å². The van der Waals surface area contributed by atoms with Crippen molar-refractivity contribution in [3.63, 3.8) is 0 Å². The smallest absolute Gasteiger partial charge is 0.269 e. The molecule has 2 aromatic rings. The van der Waals surface area contributed by atoms with E-state index in [1.807, 2.05) is 0 Å². The van der Waals surface area contributed by atoms with Crippen molar-refractivity contribution in [1.82, 2.24) is 14.7 Å². The summed E-state index contributed by atoms with van der Waals surface area (Å²) in [5.74, 6) is -0.976. The monoisotopic (exact) mass is 316 g/mol. The third kappa shape index (κ3) is 2.63. The molecular weight excluding hydrogens is 300 g/mol. The summed E-state index contributed by atoms with van der Waals surface area (Å²) in [5, 5.41) is 14.2. The maximum absolute atomic E-state index is 12.4. The van der Waals surface area contributed by atoms with Gasteiger partial charge in [0, 0.05) is 18.0 Å². The zero-order chi connectivity index (χ0) is 16.6. The van der Waals surface area contributed by atoms with Crippen molar-refractivity contribution in [3.05, 3.63) is 23.9 Å². The van der Waals surface area contributed by atoms with E-state index in [2.05, 4.69) is 5.10 Å². The van der Waals surface area contributed by atoms with Crippen molar-refractivity contribution in [3.8, 4) is 5.75 Å². The standard InChI is InChI=1S/C15H16N4O4/c16-15(23)14-11-4-3-10(21)6-12(11)19(17-14)7-13(22)18-5-1-2-9(18)8-20/h3-4,6,8-9,21H,1-2,5,7H2,(H2,16,23). The normalized spacial score (nSPS) is 17.6. The second-order valence-electron chi connectivity index (χ2n) is 5.50. The summed E-state index contributed by atoms with van der Waals surface area (Å²) in [4.78, 5) is 36.4. The summed E-state index contributed by atoms with van der Waals surface area (Å²) in [6.45, 7) is 0.396. The molecule has 0 bridgehead atoms. The zero-order valence-corrected chi connectivity index (χ0v) is 12.3. The van der Waals surface area contributed by atoms with Crippen LogP contribution in [-0.4, -0.2) is 50.5 Å². The van der Waals surface area contributed by atoms with Gasteiger partial charge in [-0.15, -0.1) is 0 Å². The Labute approximate surface area is 131 Å². The zero-order valence-electron chi connectivity index (χ0n) is 12.3. The van der Waals surface area contributed by atoms with Crippen molar-refractivity contribution >= 4 is 29.0 Å². The number of carbonyl (C=O) groups is 3. The van der Waals surface area contributed by atoms with Gasteiger partial charge in [-0.2, -0.15) is 5.10 Å². The Morgan fingerprint density at radius 2 is 2.22 bits per heavy atom. The quantitative estimate of drug-likeness (QED) is 0.771. The molecule has 1 saturated heterocycles. The van der Waals surface area contributed by atoms with Crippen LogP contribution >= 0.6 is 0 Å². The van der Waals surface area contributed by atoms with Gasteiger partial charge in [0.05, 0.1) is 11.6 Å². The van der Waals surface area contributed by atoms with Crippen LogP contribution in [0.4, 0.5) is 0 Å². The number of carbonyl (C=O) groups excluding carboxylic acids is 3. The molecule has 1 atom stereocenters. The lowest BCUT2D eigenvalue weighted by atomic mass is 10.2. The van der Waals surface area contributed by atoms with Gasteiger partial charge in [-0.3, -0.25) is 14.3 Å². The number of nitrogens with two attached hydrogens (primary N) is 1. The number of primary amides is 1. The van der Waals surface area contributed by atoms with Gasteiger partial charge < -0.3 is 20.5 Å². The second-order valence-corrected chi connectivity index (χ2v) is 5.50. The summed E-state index contributed by atoms with van der Waals surface area (Å²) in [7, 11) is 0. The Balaban J connectivity index is 1.96. The van der Waals surface area contributed by atoms with Gasteiger partial charge in [-0.1, -0.05) is 0 Å². The number of fused-ring (bicyclic) bond motifs is 1. The van der Waals surface area contributed by atoms with Crippen molar-refractivity contribution in [2.45, 2.75) is 25.4 Å².